The molecule has 1 aliphatic carbocycles. The van der Waals surface area contributed by atoms with Gasteiger partial charge in [0, 0.05) is 6.42 Å². The van der Waals surface area contributed by atoms with Crippen LogP contribution in [0.1, 0.15) is 19.3 Å². The Hall–Kier alpha value is -1.31. The largest absolute Gasteiger partial charge is 0.486 e. The minimum atomic E-state index is 0.219. The third-order valence-corrected chi connectivity index (χ3v) is 2.36. The zero-order chi connectivity index (χ0) is 9.80. The summed E-state index contributed by atoms with van der Waals surface area (Å²) in [6, 6.07) is 9.47. The van der Waals surface area contributed by atoms with E-state index in [9.17, 15) is 4.79 Å². The van der Waals surface area contributed by atoms with Gasteiger partial charge in [-0.1, -0.05) is 18.2 Å². The van der Waals surface area contributed by atoms with Crippen LogP contribution in [0.25, 0.3) is 0 Å². The van der Waals surface area contributed by atoms with Crippen molar-refractivity contribution < 1.29 is 9.53 Å². The molecule has 0 unspecified atom stereocenters. The molecule has 0 amide bonds. The van der Waals surface area contributed by atoms with E-state index in [-0.39, 0.29) is 12.4 Å². The Morgan fingerprint density at radius 2 is 2.00 bits per heavy atom. The summed E-state index contributed by atoms with van der Waals surface area (Å²) in [5, 5.41) is 0. The lowest BCUT2D eigenvalue weighted by Crippen LogP contribution is -2.11. The second-order valence-corrected chi connectivity index (χ2v) is 3.79. The lowest BCUT2D eigenvalue weighted by molar-refractivity contribution is -0.121. The summed E-state index contributed by atoms with van der Waals surface area (Å²) >= 11 is 0. The van der Waals surface area contributed by atoms with Crippen LogP contribution in [-0.4, -0.2) is 12.4 Å². The third-order valence-electron chi connectivity index (χ3n) is 2.36. The lowest BCUT2D eigenvalue weighted by atomic mass is 10.2. The summed E-state index contributed by atoms with van der Waals surface area (Å²) in [6.45, 7) is 0.223. The van der Waals surface area contributed by atoms with Crippen molar-refractivity contribution in [3.63, 3.8) is 0 Å². The zero-order valence-corrected chi connectivity index (χ0v) is 8.11. The van der Waals surface area contributed by atoms with E-state index in [0.29, 0.717) is 12.3 Å². The van der Waals surface area contributed by atoms with E-state index in [2.05, 4.69) is 0 Å². The molecule has 2 nitrogen and oxygen atoms in total. The summed E-state index contributed by atoms with van der Waals surface area (Å²) < 4.78 is 5.35. The maximum Gasteiger partial charge on any atom is 0.170 e. The smallest absolute Gasteiger partial charge is 0.170 e. The molecule has 0 atom stereocenters. The van der Waals surface area contributed by atoms with Gasteiger partial charge in [0.2, 0.25) is 0 Å². The fourth-order valence-corrected chi connectivity index (χ4v) is 1.38. The number of rotatable bonds is 5. The molecule has 74 valence electrons. The second-order valence-electron chi connectivity index (χ2n) is 3.79. The van der Waals surface area contributed by atoms with Gasteiger partial charge < -0.3 is 4.74 Å². The minimum absolute atomic E-state index is 0.219. The summed E-state index contributed by atoms with van der Waals surface area (Å²) in [5.74, 6) is 1.65. The first kappa shape index (κ1) is 9.25. The monoisotopic (exact) mass is 190 g/mol. The van der Waals surface area contributed by atoms with Crippen molar-refractivity contribution in [1.82, 2.24) is 0 Å². The third kappa shape index (κ3) is 2.87. The number of hydrogen-bond donors (Lipinski definition) is 0. The van der Waals surface area contributed by atoms with Gasteiger partial charge in [-0.25, -0.2) is 0 Å². The fraction of sp³-hybridized carbons (Fsp3) is 0.417. The summed E-state index contributed by atoms with van der Waals surface area (Å²) in [6.07, 6.45) is 3.14. The van der Waals surface area contributed by atoms with Crippen molar-refractivity contribution in [2.45, 2.75) is 19.3 Å². The maximum absolute atomic E-state index is 11.3. The number of Topliss-reactive ketones (excluding diaryl/α,β-unsaturated/α-hetero) is 1. The van der Waals surface area contributed by atoms with Crippen molar-refractivity contribution in [1.29, 1.82) is 0 Å². The molecule has 0 aromatic heterocycles. The fourth-order valence-electron chi connectivity index (χ4n) is 1.38. The van der Waals surface area contributed by atoms with E-state index in [4.69, 9.17) is 4.74 Å². The molecule has 1 aromatic rings. The first-order chi connectivity index (χ1) is 6.84. The van der Waals surface area contributed by atoms with E-state index < -0.39 is 0 Å². The molecule has 1 fully saturated rings. The Morgan fingerprint density at radius 3 is 2.64 bits per heavy atom. The number of carbonyl (C=O) groups excluding carboxylic acids is 1. The predicted molar refractivity (Wildman–Crippen MR) is 54.3 cm³/mol. The second kappa shape index (κ2) is 4.27. The number of hydrogen-bond acceptors (Lipinski definition) is 2. The van der Waals surface area contributed by atoms with Crippen molar-refractivity contribution in [2.24, 2.45) is 5.92 Å². The number of para-hydroxylation sites is 1. The van der Waals surface area contributed by atoms with Gasteiger partial charge in [-0.3, -0.25) is 4.79 Å². The predicted octanol–water partition coefficient (Wildman–Crippen LogP) is 2.43. The Labute approximate surface area is 83.9 Å². The molecule has 0 radical (unpaired) electrons. The van der Waals surface area contributed by atoms with E-state index in [1.807, 2.05) is 30.3 Å². The first-order valence-electron chi connectivity index (χ1n) is 5.04. The van der Waals surface area contributed by atoms with Crippen molar-refractivity contribution >= 4 is 5.78 Å². The van der Waals surface area contributed by atoms with Crippen LogP contribution >= 0.6 is 0 Å². The normalized spacial score (nSPS) is 15.1. The molecular formula is C12H14O2. The van der Waals surface area contributed by atoms with Crippen LogP contribution in [-0.2, 0) is 4.79 Å². The van der Waals surface area contributed by atoms with Crippen molar-refractivity contribution in [3.8, 4) is 5.75 Å². The van der Waals surface area contributed by atoms with E-state index in [1.54, 1.807) is 0 Å². The van der Waals surface area contributed by atoms with E-state index >= 15 is 0 Å². The van der Waals surface area contributed by atoms with Crippen LogP contribution in [0.2, 0.25) is 0 Å². The van der Waals surface area contributed by atoms with Crippen LogP contribution in [0.3, 0.4) is 0 Å². The number of ketones is 1. The van der Waals surface area contributed by atoms with Gasteiger partial charge in [0.1, 0.15) is 12.4 Å². The highest BCUT2D eigenvalue weighted by Gasteiger charge is 2.24. The van der Waals surface area contributed by atoms with Gasteiger partial charge >= 0.3 is 0 Å². The van der Waals surface area contributed by atoms with E-state index in [1.165, 1.54) is 12.8 Å². The summed E-state index contributed by atoms with van der Waals surface area (Å²) in [7, 11) is 0. The van der Waals surface area contributed by atoms with Gasteiger partial charge in [0.25, 0.3) is 0 Å². The van der Waals surface area contributed by atoms with Gasteiger partial charge in [-0.2, -0.15) is 0 Å². The number of carbonyl (C=O) groups is 1. The van der Waals surface area contributed by atoms with Crippen molar-refractivity contribution in [3.05, 3.63) is 30.3 Å². The molecule has 0 bridgehead atoms. The quantitative estimate of drug-likeness (QED) is 0.712. The molecular weight excluding hydrogens is 176 g/mol. The molecule has 14 heavy (non-hydrogen) atoms. The van der Waals surface area contributed by atoms with Crippen LogP contribution in [0.4, 0.5) is 0 Å². The van der Waals surface area contributed by atoms with Crippen LogP contribution in [0, 0.1) is 5.92 Å². The topological polar surface area (TPSA) is 26.3 Å². The molecule has 0 spiro atoms. The number of ether oxygens (including phenoxy) is 1. The minimum Gasteiger partial charge on any atom is -0.486 e. The molecule has 0 aliphatic heterocycles. The van der Waals surface area contributed by atoms with Gasteiger partial charge in [-0.05, 0) is 30.9 Å². The SMILES string of the molecule is O=C(COc1ccccc1)CC1CC1. The molecule has 1 aromatic carbocycles. The van der Waals surface area contributed by atoms with Crippen molar-refractivity contribution in [2.75, 3.05) is 6.61 Å². The Bertz CT molecular complexity index is 301. The Kier molecular flexibility index (Phi) is 2.82. The highest BCUT2D eigenvalue weighted by atomic mass is 16.5. The zero-order valence-electron chi connectivity index (χ0n) is 8.11. The number of benzene rings is 1. The summed E-state index contributed by atoms with van der Waals surface area (Å²) in [4.78, 5) is 11.3. The van der Waals surface area contributed by atoms with Gasteiger partial charge in [-0.15, -0.1) is 0 Å². The highest BCUT2D eigenvalue weighted by Crippen LogP contribution is 2.32. The molecule has 0 heterocycles. The average Bonchev–Trinajstić information content (AvgIpc) is 3.00. The molecule has 2 rings (SSSR count). The lowest BCUT2D eigenvalue weighted by Gasteiger charge is -2.04. The average molecular weight is 190 g/mol. The molecule has 2 heteroatoms. The Morgan fingerprint density at radius 1 is 1.29 bits per heavy atom. The molecule has 0 saturated heterocycles. The van der Waals surface area contributed by atoms with E-state index in [0.717, 1.165) is 5.75 Å². The Balaban J connectivity index is 1.73. The van der Waals surface area contributed by atoms with Crippen LogP contribution in [0.5, 0.6) is 5.75 Å². The van der Waals surface area contributed by atoms with Crippen LogP contribution in [0.15, 0.2) is 30.3 Å². The maximum atomic E-state index is 11.3. The standard InChI is InChI=1S/C12H14O2/c13-11(8-10-6-7-10)9-14-12-4-2-1-3-5-12/h1-5,10H,6-9H2. The molecule has 1 aliphatic rings. The van der Waals surface area contributed by atoms with Crippen LogP contribution < -0.4 is 4.74 Å². The first-order valence-corrected chi connectivity index (χ1v) is 5.04. The summed E-state index contributed by atoms with van der Waals surface area (Å²) in [5.41, 5.74) is 0. The van der Waals surface area contributed by atoms with Gasteiger partial charge in [0.15, 0.2) is 5.78 Å². The molecule has 0 N–H and O–H groups in total. The molecule has 1 saturated carbocycles. The van der Waals surface area contributed by atoms with Gasteiger partial charge in [0.05, 0.1) is 0 Å². The highest BCUT2D eigenvalue weighted by molar-refractivity contribution is 5.80.